The van der Waals surface area contributed by atoms with Gasteiger partial charge in [-0.3, -0.25) is 14.5 Å². The Kier molecular flexibility index (Phi) is 7.63. The molecular weight excluding hydrogens is 354 g/mol. The maximum atomic E-state index is 13.2. The number of rotatable bonds is 6. The van der Waals surface area contributed by atoms with Crippen LogP contribution in [-0.4, -0.2) is 53.4 Å². The number of nitrogens with zero attached hydrogens (tertiary/aromatic N) is 2. The lowest BCUT2D eigenvalue weighted by molar-refractivity contribution is -0.127. The maximum Gasteiger partial charge on any atom is 0.267 e. The average Bonchev–Trinajstić information content (AvgIpc) is 3.15. The van der Waals surface area contributed by atoms with Crippen molar-refractivity contribution in [3.8, 4) is 0 Å². The summed E-state index contributed by atoms with van der Waals surface area (Å²) in [6, 6.07) is 0.138. The number of hydrogen-bond donors (Lipinski definition) is 2. The van der Waals surface area contributed by atoms with E-state index in [4.69, 9.17) is 0 Å². The molecule has 0 unspecified atom stereocenters. The molecule has 2 N–H and O–H groups in total. The highest BCUT2D eigenvalue weighted by molar-refractivity contribution is 6.19. The predicted molar refractivity (Wildman–Crippen MR) is 111 cm³/mol. The molecule has 6 nitrogen and oxygen atoms in total. The van der Waals surface area contributed by atoms with Crippen LogP contribution in [0.1, 0.15) is 52.9 Å². The first-order chi connectivity index (χ1) is 13.3. The Morgan fingerprint density at radius 2 is 1.96 bits per heavy atom. The van der Waals surface area contributed by atoms with Crippen LogP contribution in [0.25, 0.3) is 0 Å². The summed E-state index contributed by atoms with van der Waals surface area (Å²) in [5.41, 5.74) is 2.20. The number of nitrogens with one attached hydrogen (secondary N) is 1. The minimum atomic E-state index is -0.424. The molecule has 2 amide bonds. The van der Waals surface area contributed by atoms with Gasteiger partial charge in [0.25, 0.3) is 11.8 Å². The first-order valence-electron chi connectivity index (χ1n) is 10.1. The van der Waals surface area contributed by atoms with E-state index >= 15 is 0 Å². The van der Waals surface area contributed by atoms with Crippen molar-refractivity contribution in [3.05, 3.63) is 46.5 Å². The number of hydrogen-bond acceptors (Lipinski definition) is 4. The highest BCUT2D eigenvalue weighted by Crippen LogP contribution is 2.29. The maximum absolute atomic E-state index is 13.2. The molecule has 0 bridgehead atoms. The van der Waals surface area contributed by atoms with E-state index in [0.717, 1.165) is 36.8 Å². The quantitative estimate of drug-likeness (QED) is 0.416. The Bertz CT molecular complexity index is 738. The predicted octanol–water partition coefficient (Wildman–Crippen LogP) is 3.41. The molecule has 0 aromatic rings. The largest absolute Gasteiger partial charge is 0.505 e. The van der Waals surface area contributed by atoms with E-state index in [1.807, 2.05) is 32.8 Å². The molecule has 0 aromatic heterocycles. The van der Waals surface area contributed by atoms with E-state index in [2.05, 4.69) is 5.32 Å². The normalized spacial score (nSPS) is 20.2. The number of carbonyl (C=O) groups excluding carboxylic acids is 2. The van der Waals surface area contributed by atoms with Crippen LogP contribution in [0.5, 0.6) is 0 Å². The SMILES string of the molecule is C/C=C(/C(=O)NC1CCCC1)C(=O)N1C=CC(CN(C)C)=C(O)/C1=C(\C)CC. The van der Waals surface area contributed by atoms with E-state index in [1.54, 1.807) is 25.3 Å². The van der Waals surface area contributed by atoms with Gasteiger partial charge in [-0.25, -0.2) is 0 Å². The van der Waals surface area contributed by atoms with Crippen molar-refractivity contribution in [3.63, 3.8) is 0 Å². The molecule has 0 aromatic carbocycles. The Labute approximate surface area is 168 Å². The number of aliphatic hydroxyl groups is 1. The minimum absolute atomic E-state index is 0.0931. The zero-order chi connectivity index (χ0) is 20.8. The summed E-state index contributed by atoms with van der Waals surface area (Å²) in [6.07, 6.45) is 9.75. The third kappa shape index (κ3) is 4.93. The fourth-order valence-corrected chi connectivity index (χ4v) is 3.61. The molecule has 2 aliphatic rings. The Balaban J connectivity index is 2.30. The molecule has 154 valence electrons. The fourth-order valence-electron chi connectivity index (χ4n) is 3.61. The molecule has 6 heteroatoms. The van der Waals surface area contributed by atoms with Crippen LogP contribution in [0, 0.1) is 0 Å². The molecule has 28 heavy (non-hydrogen) atoms. The van der Waals surface area contributed by atoms with Gasteiger partial charge >= 0.3 is 0 Å². The molecule has 2 rings (SSSR count). The topological polar surface area (TPSA) is 72.9 Å². The monoisotopic (exact) mass is 387 g/mol. The third-order valence-corrected chi connectivity index (χ3v) is 5.29. The average molecular weight is 388 g/mol. The summed E-state index contributed by atoms with van der Waals surface area (Å²) < 4.78 is 0. The van der Waals surface area contributed by atoms with Crippen LogP contribution >= 0.6 is 0 Å². The Hall–Kier alpha value is -2.34. The molecule has 0 atom stereocenters. The number of carbonyl (C=O) groups is 2. The lowest BCUT2D eigenvalue weighted by Crippen LogP contribution is -2.40. The van der Waals surface area contributed by atoms with Gasteiger partial charge in [0.05, 0.1) is 5.70 Å². The van der Waals surface area contributed by atoms with Gasteiger partial charge in [-0.2, -0.15) is 0 Å². The van der Waals surface area contributed by atoms with Crippen LogP contribution < -0.4 is 5.32 Å². The number of aliphatic hydroxyl groups excluding tert-OH is 1. The van der Waals surface area contributed by atoms with Crippen LogP contribution in [0.4, 0.5) is 0 Å². The summed E-state index contributed by atoms with van der Waals surface area (Å²) in [5.74, 6) is -0.674. The molecule has 1 aliphatic carbocycles. The van der Waals surface area contributed by atoms with Gasteiger partial charge in [0.15, 0.2) is 0 Å². The van der Waals surface area contributed by atoms with Crippen molar-refractivity contribution in [2.24, 2.45) is 0 Å². The summed E-state index contributed by atoms with van der Waals surface area (Å²) in [6.45, 7) is 6.12. The van der Waals surface area contributed by atoms with Gasteiger partial charge in [-0.15, -0.1) is 0 Å². The van der Waals surface area contributed by atoms with Crippen LogP contribution in [0.2, 0.25) is 0 Å². The summed E-state index contributed by atoms with van der Waals surface area (Å²) in [4.78, 5) is 29.3. The molecule has 1 heterocycles. The lowest BCUT2D eigenvalue weighted by atomic mass is 10.0. The first kappa shape index (κ1) is 22.0. The second-order valence-electron chi connectivity index (χ2n) is 7.74. The van der Waals surface area contributed by atoms with E-state index in [-0.39, 0.29) is 23.3 Å². The Morgan fingerprint density at radius 3 is 2.50 bits per heavy atom. The van der Waals surface area contributed by atoms with E-state index in [0.29, 0.717) is 18.7 Å². The highest BCUT2D eigenvalue weighted by atomic mass is 16.3. The summed E-state index contributed by atoms with van der Waals surface area (Å²) in [7, 11) is 3.85. The molecule has 1 fully saturated rings. The fraction of sp³-hybridized carbons (Fsp3) is 0.545. The van der Waals surface area contributed by atoms with Crippen molar-refractivity contribution >= 4 is 11.8 Å². The van der Waals surface area contributed by atoms with Crippen molar-refractivity contribution in [2.75, 3.05) is 20.6 Å². The molecule has 0 spiro atoms. The molecular formula is C22H33N3O3. The molecule has 0 saturated heterocycles. The van der Waals surface area contributed by atoms with E-state index < -0.39 is 5.91 Å². The zero-order valence-corrected chi connectivity index (χ0v) is 17.7. The van der Waals surface area contributed by atoms with Gasteiger partial charge in [0, 0.05) is 24.4 Å². The van der Waals surface area contributed by atoms with Crippen LogP contribution in [0.15, 0.2) is 46.5 Å². The summed E-state index contributed by atoms with van der Waals surface area (Å²) >= 11 is 0. The van der Waals surface area contributed by atoms with Gasteiger partial charge in [0.1, 0.15) is 11.3 Å². The van der Waals surface area contributed by atoms with Gasteiger partial charge in [0.2, 0.25) is 0 Å². The number of allylic oxidation sites excluding steroid dienone is 2. The first-order valence-corrected chi connectivity index (χ1v) is 10.1. The smallest absolute Gasteiger partial charge is 0.267 e. The van der Waals surface area contributed by atoms with Crippen LogP contribution in [-0.2, 0) is 9.59 Å². The van der Waals surface area contributed by atoms with Crippen molar-refractivity contribution < 1.29 is 14.7 Å². The van der Waals surface area contributed by atoms with Crippen molar-refractivity contribution in [2.45, 2.75) is 58.9 Å². The minimum Gasteiger partial charge on any atom is -0.505 e. The van der Waals surface area contributed by atoms with Crippen LogP contribution in [0.3, 0.4) is 0 Å². The van der Waals surface area contributed by atoms with Gasteiger partial charge < -0.3 is 15.3 Å². The molecule has 1 saturated carbocycles. The zero-order valence-electron chi connectivity index (χ0n) is 17.7. The number of likely N-dealkylation sites (N-methyl/N-ethyl adjacent to an activating group) is 1. The highest BCUT2D eigenvalue weighted by Gasteiger charge is 2.31. The number of amides is 2. The third-order valence-electron chi connectivity index (χ3n) is 5.29. The molecule has 1 aliphatic heterocycles. The molecule has 0 radical (unpaired) electrons. The van der Waals surface area contributed by atoms with Crippen molar-refractivity contribution in [1.82, 2.24) is 15.1 Å². The van der Waals surface area contributed by atoms with Gasteiger partial charge in [-0.1, -0.05) is 25.8 Å². The second kappa shape index (κ2) is 9.73. The van der Waals surface area contributed by atoms with E-state index in [9.17, 15) is 14.7 Å². The van der Waals surface area contributed by atoms with Gasteiger partial charge in [-0.05, 0) is 58.9 Å². The standard InChI is InChI=1S/C22H33N3O3/c1-6-15(3)19-20(26)16(14-24(4)5)12-13-25(19)22(28)18(7-2)21(27)23-17-10-8-9-11-17/h7,12-13,17,26H,6,8-11,14H2,1-5H3,(H,23,27)/b18-7-,19-15-. The second-order valence-corrected chi connectivity index (χ2v) is 7.74. The summed E-state index contributed by atoms with van der Waals surface area (Å²) in [5, 5.41) is 13.8. The van der Waals surface area contributed by atoms with E-state index in [1.165, 1.54) is 4.90 Å². The lowest BCUT2D eigenvalue weighted by Gasteiger charge is -2.29. The van der Waals surface area contributed by atoms with Crippen molar-refractivity contribution in [1.29, 1.82) is 0 Å². The Morgan fingerprint density at radius 1 is 1.32 bits per heavy atom.